The van der Waals surface area contributed by atoms with Crippen molar-refractivity contribution in [3.05, 3.63) is 42.0 Å². The highest BCUT2D eigenvalue weighted by Crippen LogP contribution is 2.39. The highest BCUT2D eigenvalue weighted by atomic mass is 32.2. The monoisotopic (exact) mass is 364 g/mol. The minimum Gasteiger partial charge on any atom is -0.495 e. The molecule has 8 heteroatoms. The highest BCUT2D eigenvalue weighted by molar-refractivity contribution is 7.93. The Kier molecular flexibility index (Phi) is 4.33. The zero-order valence-electron chi connectivity index (χ0n) is 13.4. The second kappa shape index (κ2) is 6.29. The summed E-state index contributed by atoms with van der Waals surface area (Å²) >= 11 is 1.20. The molecule has 0 spiro atoms. The third kappa shape index (κ3) is 3.02. The molecule has 3 aromatic rings. The first-order valence-electron chi connectivity index (χ1n) is 7.05. The lowest BCUT2D eigenvalue weighted by Crippen LogP contribution is -2.12. The number of nitrogens with zero attached hydrogens (tertiary/aromatic N) is 1. The quantitative estimate of drug-likeness (QED) is 0.750. The predicted octanol–water partition coefficient (Wildman–Crippen LogP) is 3.42. The van der Waals surface area contributed by atoms with E-state index in [0.717, 1.165) is 10.3 Å². The van der Waals surface area contributed by atoms with E-state index in [1.165, 1.54) is 18.4 Å². The van der Waals surface area contributed by atoms with Gasteiger partial charge >= 0.3 is 0 Å². The Hall–Kier alpha value is -2.32. The van der Waals surface area contributed by atoms with E-state index in [0.29, 0.717) is 17.0 Å². The summed E-state index contributed by atoms with van der Waals surface area (Å²) in [6.07, 6.45) is 0. The molecule has 6 nitrogen and oxygen atoms in total. The van der Waals surface area contributed by atoms with Crippen LogP contribution < -0.4 is 14.2 Å². The molecule has 3 rings (SSSR count). The van der Waals surface area contributed by atoms with Gasteiger partial charge in [0.15, 0.2) is 5.13 Å². The van der Waals surface area contributed by atoms with Gasteiger partial charge in [0.25, 0.3) is 10.0 Å². The number of aryl methyl sites for hydroxylation is 1. The normalized spacial score (nSPS) is 11.5. The minimum atomic E-state index is -3.70. The van der Waals surface area contributed by atoms with E-state index in [1.54, 1.807) is 43.5 Å². The molecule has 0 aliphatic carbocycles. The van der Waals surface area contributed by atoms with Crippen LogP contribution in [0.15, 0.2) is 41.3 Å². The molecule has 24 heavy (non-hydrogen) atoms. The number of thiazole rings is 1. The maximum Gasteiger partial charge on any atom is 0.263 e. The molecule has 0 aliphatic heterocycles. The number of benzene rings is 2. The van der Waals surface area contributed by atoms with Crippen LogP contribution in [-0.4, -0.2) is 27.6 Å². The van der Waals surface area contributed by atoms with Crippen molar-refractivity contribution in [3.63, 3.8) is 0 Å². The Morgan fingerprint density at radius 3 is 2.25 bits per heavy atom. The highest BCUT2D eigenvalue weighted by Gasteiger charge is 2.19. The van der Waals surface area contributed by atoms with Crippen molar-refractivity contribution in [1.29, 1.82) is 0 Å². The van der Waals surface area contributed by atoms with Gasteiger partial charge in [0, 0.05) is 0 Å². The molecule has 1 N–H and O–H groups in total. The number of anilines is 1. The summed E-state index contributed by atoms with van der Waals surface area (Å²) in [5.74, 6) is 1.17. The topological polar surface area (TPSA) is 77.5 Å². The Bertz CT molecular complexity index is 938. The predicted molar refractivity (Wildman–Crippen MR) is 94.7 cm³/mol. The number of hydrogen-bond donors (Lipinski definition) is 1. The van der Waals surface area contributed by atoms with Crippen molar-refractivity contribution in [2.45, 2.75) is 11.8 Å². The Balaban J connectivity index is 2.02. The number of ether oxygens (including phenoxy) is 2. The van der Waals surface area contributed by atoms with Gasteiger partial charge in [-0.1, -0.05) is 29.0 Å². The van der Waals surface area contributed by atoms with Gasteiger partial charge in [-0.25, -0.2) is 13.4 Å². The summed E-state index contributed by atoms with van der Waals surface area (Å²) in [6.45, 7) is 1.90. The van der Waals surface area contributed by atoms with E-state index in [2.05, 4.69) is 9.71 Å². The van der Waals surface area contributed by atoms with E-state index in [4.69, 9.17) is 9.47 Å². The van der Waals surface area contributed by atoms with E-state index in [-0.39, 0.29) is 10.0 Å². The molecule has 2 aromatic carbocycles. The van der Waals surface area contributed by atoms with E-state index in [9.17, 15) is 8.42 Å². The average Bonchev–Trinajstić information content (AvgIpc) is 2.97. The van der Waals surface area contributed by atoms with Crippen molar-refractivity contribution in [2.75, 3.05) is 18.9 Å². The zero-order chi connectivity index (χ0) is 17.3. The van der Waals surface area contributed by atoms with Crippen molar-refractivity contribution in [2.24, 2.45) is 0 Å². The summed E-state index contributed by atoms with van der Waals surface area (Å²) < 4.78 is 38.8. The third-order valence-electron chi connectivity index (χ3n) is 3.46. The molecule has 0 unspecified atom stereocenters. The van der Waals surface area contributed by atoms with Gasteiger partial charge in [-0.05, 0) is 31.2 Å². The molecule has 0 aliphatic rings. The number of sulfonamides is 1. The van der Waals surface area contributed by atoms with Crippen molar-refractivity contribution < 1.29 is 17.9 Å². The molecule has 1 aromatic heterocycles. The van der Waals surface area contributed by atoms with E-state index in [1.807, 2.05) is 6.92 Å². The fourth-order valence-electron chi connectivity index (χ4n) is 2.22. The number of methoxy groups -OCH3 is 2. The first-order valence-corrected chi connectivity index (χ1v) is 9.35. The summed E-state index contributed by atoms with van der Waals surface area (Å²) in [6, 6.07) is 10.1. The molecule has 0 saturated heterocycles. The van der Waals surface area contributed by atoms with Gasteiger partial charge in [-0.15, -0.1) is 0 Å². The van der Waals surface area contributed by atoms with E-state index < -0.39 is 10.0 Å². The molecular formula is C16H16N2O4S2. The number of hydrogen-bond acceptors (Lipinski definition) is 6. The third-order valence-corrected chi connectivity index (χ3v) is 5.93. The summed E-state index contributed by atoms with van der Waals surface area (Å²) in [5.41, 5.74) is 1.55. The second-order valence-corrected chi connectivity index (χ2v) is 7.77. The summed E-state index contributed by atoms with van der Waals surface area (Å²) in [5, 5.41) is 0.258. The fourth-order valence-corrected chi connectivity index (χ4v) is 4.43. The number of aromatic nitrogens is 1. The summed E-state index contributed by atoms with van der Waals surface area (Å²) in [7, 11) is -0.609. The molecular weight excluding hydrogens is 348 g/mol. The lowest BCUT2D eigenvalue weighted by atomic mass is 10.2. The Labute approximate surface area is 144 Å². The summed E-state index contributed by atoms with van der Waals surface area (Å²) in [4.78, 5) is 4.53. The SMILES string of the molecule is COc1ccc(OC)c2sc(NS(=O)(=O)c3ccc(C)cc3)nc12. The molecule has 0 amide bonds. The molecule has 0 bridgehead atoms. The minimum absolute atomic E-state index is 0.186. The van der Waals surface area contributed by atoms with Crippen LogP contribution in [0.5, 0.6) is 11.5 Å². The molecule has 126 valence electrons. The van der Waals surface area contributed by atoms with E-state index >= 15 is 0 Å². The van der Waals surface area contributed by atoms with Crippen LogP contribution in [0.2, 0.25) is 0 Å². The van der Waals surface area contributed by atoms with Crippen molar-refractivity contribution in [1.82, 2.24) is 4.98 Å². The molecule has 0 radical (unpaired) electrons. The van der Waals surface area contributed by atoms with Crippen LogP contribution in [0.1, 0.15) is 5.56 Å². The van der Waals surface area contributed by atoms with Gasteiger partial charge in [0.2, 0.25) is 0 Å². The fraction of sp³-hybridized carbons (Fsp3) is 0.188. The first kappa shape index (κ1) is 16.5. The van der Waals surface area contributed by atoms with Gasteiger partial charge in [-0.2, -0.15) is 0 Å². The molecule has 0 fully saturated rings. The standard InChI is InChI=1S/C16H16N2O4S2/c1-10-4-6-11(7-5-10)24(19,20)18-16-17-14-12(21-2)8-9-13(22-3)15(14)23-16/h4-9H,1-3H3,(H,17,18). The van der Waals surface area contributed by atoms with Crippen LogP contribution in [0.25, 0.3) is 10.2 Å². The van der Waals surface area contributed by atoms with Gasteiger partial charge < -0.3 is 9.47 Å². The maximum atomic E-state index is 12.5. The average molecular weight is 364 g/mol. The van der Waals surface area contributed by atoms with Crippen LogP contribution in [-0.2, 0) is 10.0 Å². The Morgan fingerprint density at radius 2 is 1.62 bits per heavy atom. The van der Waals surface area contributed by atoms with Gasteiger partial charge in [0.05, 0.1) is 19.1 Å². The van der Waals surface area contributed by atoms with Crippen molar-refractivity contribution in [3.8, 4) is 11.5 Å². The van der Waals surface area contributed by atoms with Crippen LogP contribution in [0.3, 0.4) is 0 Å². The molecule has 0 atom stereocenters. The number of nitrogens with one attached hydrogen (secondary N) is 1. The largest absolute Gasteiger partial charge is 0.495 e. The van der Waals surface area contributed by atoms with Crippen LogP contribution >= 0.6 is 11.3 Å². The van der Waals surface area contributed by atoms with Crippen molar-refractivity contribution >= 4 is 36.7 Å². The molecule has 1 heterocycles. The van der Waals surface area contributed by atoms with Gasteiger partial charge in [0.1, 0.15) is 21.7 Å². The Morgan fingerprint density at radius 1 is 1.00 bits per heavy atom. The molecule has 0 saturated carbocycles. The first-order chi connectivity index (χ1) is 11.4. The smallest absolute Gasteiger partial charge is 0.263 e. The van der Waals surface area contributed by atoms with Crippen LogP contribution in [0.4, 0.5) is 5.13 Å². The maximum absolute atomic E-state index is 12.5. The lowest BCUT2D eigenvalue weighted by Gasteiger charge is -2.05. The van der Waals surface area contributed by atoms with Gasteiger partial charge in [-0.3, -0.25) is 4.72 Å². The van der Waals surface area contributed by atoms with Crippen LogP contribution in [0, 0.1) is 6.92 Å². The number of rotatable bonds is 5. The zero-order valence-corrected chi connectivity index (χ0v) is 15.0. The lowest BCUT2D eigenvalue weighted by molar-refractivity contribution is 0.410. The number of fused-ring (bicyclic) bond motifs is 1. The second-order valence-electron chi connectivity index (χ2n) is 5.09.